The second-order valence-electron chi connectivity index (χ2n) is 6.43. The van der Waals surface area contributed by atoms with Gasteiger partial charge in [0, 0.05) is 31.1 Å². The SMILES string of the molecule is CC(C)c1cc(C(=O)N2CC[C@H]3CCN(C)C[C@H]32)no1. The summed E-state index contributed by atoms with van der Waals surface area (Å²) in [5, 5.41) is 3.96. The summed E-state index contributed by atoms with van der Waals surface area (Å²) < 4.78 is 5.26. The van der Waals surface area contributed by atoms with E-state index >= 15 is 0 Å². The molecule has 2 fully saturated rings. The summed E-state index contributed by atoms with van der Waals surface area (Å²) in [5.41, 5.74) is 0.461. The normalized spacial score (nSPS) is 27.1. The number of fused-ring (bicyclic) bond motifs is 1. The lowest BCUT2D eigenvalue weighted by atomic mass is 9.92. The van der Waals surface area contributed by atoms with Crippen molar-refractivity contribution in [2.75, 3.05) is 26.7 Å². The van der Waals surface area contributed by atoms with E-state index in [1.165, 1.54) is 6.42 Å². The molecule has 0 radical (unpaired) electrons. The molecule has 2 aliphatic heterocycles. The first kappa shape index (κ1) is 13.6. The monoisotopic (exact) mass is 277 g/mol. The number of likely N-dealkylation sites (N-methyl/N-ethyl adjacent to an activating group) is 1. The fourth-order valence-corrected chi connectivity index (χ4v) is 3.36. The summed E-state index contributed by atoms with van der Waals surface area (Å²) in [5.74, 6) is 1.73. The predicted octanol–water partition coefficient (Wildman–Crippen LogP) is 1.96. The topological polar surface area (TPSA) is 49.6 Å². The van der Waals surface area contributed by atoms with Crippen molar-refractivity contribution in [2.45, 2.75) is 38.6 Å². The molecular weight excluding hydrogens is 254 g/mol. The highest BCUT2D eigenvalue weighted by Gasteiger charge is 2.40. The molecule has 0 unspecified atom stereocenters. The van der Waals surface area contributed by atoms with Crippen LogP contribution in [0.25, 0.3) is 0 Å². The van der Waals surface area contributed by atoms with Crippen LogP contribution in [0.4, 0.5) is 0 Å². The molecule has 2 saturated heterocycles. The Bertz CT molecular complexity index is 497. The standard InChI is InChI=1S/C15H23N3O2/c1-10(2)14-8-12(16-20-14)15(19)18-7-5-11-4-6-17(3)9-13(11)18/h8,10-11,13H,4-7,9H2,1-3H3/t11-,13-/m1/s1. The summed E-state index contributed by atoms with van der Waals surface area (Å²) >= 11 is 0. The van der Waals surface area contributed by atoms with Crippen molar-refractivity contribution in [3.05, 3.63) is 17.5 Å². The zero-order valence-electron chi connectivity index (χ0n) is 12.5. The van der Waals surface area contributed by atoms with Crippen LogP contribution in [-0.2, 0) is 0 Å². The van der Waals surface area contributed by atoms with Crippen molar-refractivity contribution in [3.63, 3.8) is 0 Å². The Labute approximate surface area is 119 Å². The Balaban J connectivity index is 1.76. The van der Waals surface area contributed by atoms with Gasteiger partial charge >= 0.3 is 0 Å². The molecule has 3 heterocycles. The van der Waals surface area contributed by atoms with Gasteiger partial charge in [0.05, 0.1) is 0 Å². The van der Waals surface area contributed by atoms with E-state index in [1.807, 2.05) is 18.7 Å². The minimum absolute atomic E-state index is 0.0310. The van der Waals surface area contributed by atoms with Crippen molar-refractivity contribution < 1.29 is 9.32 Å². The van der Waals surface area contributed by atoms with E-state index in [-0.39, 0.29) is 11.8 Å². The van der Waals surface area contributed by atoms with E-state index in [1.54, 1.807) is 6.07 Å². The lowest BCUT2D eigenvalue weighted by Gasteiger charge is -2.36. The molecule has 0 bridgehead atoms. The van der Waals surface area contributed by atoms with E-state index in [9.17, 15) is 4.79 Å². The summed E-state index contributed by atoms with van der Waals surface area (Å²) in [7, 11) is 2.13. The smallest absolute Gasteiger partial charge is 0.276 e. The molecule has 5 heteroatoms. The molecular formula is C15H23N3O2. The minimum Gasteiger partial charge on any atom is -0.360 e. The number of hydrogen-bond donors (Lipinski definition) is 0. The molecule has 1 amide bonds. The van der Waals surface area contributed by atoms with Crippen molar-refractivity contribution in [2.24, 2.45) is 5.92 Å². The third-order valence-corrected chi connectivity index (χ3v) is 4.64. The lowest BCUT2D eigenvalue weighted by Crippen LogP contribution is -2.48. The Morgan fingerprint density at radius 1 is 1.40 bits per heavy atom. The van der Waals surface area contributed by atoms with Gasteiger partial charge in [0.15, 0.2) is 5.69 Å². The third-order valence-electron chi connectivity index (χ3n) is 4.64. The van der Waals surface area contributed by atoms with Gasteiger partial charge in [-0.05, 0) is 32.4 Å². The predicted molar refractivity (Wildman–Crippen MR) is 75.6 cm³/mol. The quantitative estimate of drug-likeness (QED) is 0.829. The second kappa shape index (κ2) is 5.20. The Morgan fingerprint density at radius 2 is 2.15 bits per heavy atom. The molecule has 1 aromatic heterocycles. The molecule has 5 nitrogen and oxygen atoms in total. The molecule has 1 aromatic rings. The summed E-state index contributed by atoms with van der Waals surface area (Å²) in [4.78, 5) is 16.9. The van der Waals surface area contributed by atoms with Crippen LogP contribution in [-0.4, -0.2) is 53.6 Å². The molecule has 110 valence electrons. The van der Waals surface area contributed by atoms with E-state index in [0.717, 1.165) is 31.8 Å². The highest BCUT2D eigenvalue weighted by molar-refractivity contribution is 5.92. The van der Waals surface area contributed by atoms with Crippen molar-refractivity contribution in [1.29, 1.82) is 0 Å². The first-order valence-corrected chi connectivity index (χ1v) is 7.52. The molecule has 2 atom stereocenters. The molecule has 0 saturated carbocycles. The third kappa shape index (κ3) is 2.35. The van der Waals surface area contributed by atoms with Gasteiger partial charge in [0.1, 0.15) is 5.76 Å². The summed E-state index contributed by atoms with van der Waals surface area (Å²) in [6.45, 7) is 7.05. The van der Waals surface area contributed by atoms with Gasteiger partial charge in [-0.3, -0.25) is 4.79 Å². The van der Waals surface area contributed by atoms with E-state index in [4.69, 9.17) is 4.52 Å². The van der Waals surface area contributed by atoms with Crippen molar-refractivity contribution in [3.8, 4) is 0 Å². The second-order valence-corrected chi connectivity index (χ2v) is 6.43. The fourth-order valence-electron chi connectivity index (χ4n) is 3.36. The largest absolute Gasteiger partial charge is 0.360 e. The fraction of sp³-hybridized carbons (Fsp3) is 0.733. The highest BCUT2D eigenvalue weighted by Crippen LogP contribution is 2.32. The minimum atomic E-state index is 0.0310. The zero-order valence-corrected chi connectivity index (χ0v) is 12.5. The molecule has 20 heavy (non-hydrogen) atoms. The van der Waals surface area contributed by atoms with Gasteiger partial charge in [-0.25, -0.2) is 0 Å². The van der Waals surface area contributed by atoms with E-state index in [2.05, 4.69) is 17.1 Å². The molecule has 0 aromatic carbocycles. The van der Waals surface area contributed by atoms with Crippen LogP contribution < -0.4 is 0 Å². The van der Waals surface area contributed by atoms with Crippen molar-refractivity contribution >= 4 is 5.91 Å². The number of carbonyl (C=O) groups is 1. The number of rotatable bonds is 2. The van der Waals surface area contributed by atoms with Crippen LogP contribution in [0.1, 0.15) is 48.9 Å². The summed E-state index contributed by atoms with van der Waals surface area (Å²) in [6, 6.07) is 2.15. The van der Waals surface area contributed by atoms with Gasteiger partial charge in [-0.1, -0.05) is 19.0 Å². The molecule has 0 spiro atoms. The highest BCUT2D eigenvalue weighted by atomic mass is 16.5. The van der Waals surface area contributed by atoms with Gasteiger partial charge < -0.3 is 14.3 Å². The Hall–Kier alpha value is -1.36. The number of nitrogens with zero attached hydrogens (tertiary/aromatic N) is 3. The van der Waals surface area contributed by atoms with Crippen LogP contribution in [0.3, 0.4) is 0 Å². The first-order valence-electron chi connectivity index (χ1n) is 7.52. The lowest BCUT2D eigenvalue weighted by molar-refractivity contribution is 0.0621. The maximum Gasteiger partial charge on any atom is 0.276 e. The maximum absolute atomic E-state index is 12.6. The average Bonchev–Trinajstić information content (AvgIpc) is 3.04. The molecule has 2 aliphatic rings. The molecule has 3 rings (SSSR count). The number of amides is 1. The van der Waals surface area contributed by atoms with Crippen molar-refractivity contribution in [1.82, 2.24) is 15.0 Å². The van der Waals surface area contributed by atoms with Gasteiger partial charge in [-0.15, -0.1) is 0 Å². The van der Waals surface area contributed by atoms with Crippen LogP contribution >= 0.6 is 0 Å². The average molecular weight is 277 g/mol. The summed E-state index contributed by atoms with van der Waals surface area (Å²) in [6.07, 6.45) is 2.32. The van der Waals surface area contributed by atoms with Crippen LogP contribution in [0.2, 0.25) is 0 Å². The van der Waals surface area contributed by atoms with Crippen LogP contribution in [0.5, 0.6) is 0 Å². The number of carbonyl (C=O) groups excluding carboxylic acids is 1. The Kier molecular flexibility index (Phi) is 3.54. The van der Waals surface area contributed by atoms with E-state index in [0.29, 0.717) is 17.7 Å². The van der Waals surface area contributed by atoms with Gasteiger partial charge in [0.25, 0.3) is 5.91 Å². The first-order chi connectivity index (χ1) is 9.56. The number of likely N-dealkylation sites (tertiary alicyclic amines) is 2. The molecule has 0 N–H and O–H groups in total. The number of hydrogen-bond acceptors (Lipinski definition) is 4. The zero-order chi connectivity index (χ0) is 14.3. The molecule has 0 aliphatic carbocycles. The van der Waals surface area contributed by atoms with Gasteiger partial charge in [0.2, 0.25) is 0 Å². The van der Waals surface area contributed by atoms with E-state index < -0.39 is 0 Å². The van der Waals surface area contributed by atoms with Crippen LogP contribution in [0, 0.1) is 5.92 Å². The van der Waals surface area contributed by atoms with Crippen LogP contribution in [0.15, 0.2) is 10.6 Å². The number of piperidine rings is 1. The Morgan fingerprint density at radius 3 is 2.85 bits per heavy atom. The van der Waals surface area contributed by atoms with Gasteiger partial charge in [-0.2, -0.15) is 0 Å². The maximum atomic E-state index is 12.6. The number of aromatic nitrogens is 1.